The third kappa shape index (κ3) is 17.6. The smallest absolute Gasteiger partial charge is 0.0533 e. The molecule has 0 saturated heterocycles. The van der Waals surface area contributed by atoms with E-state index in [1.807, 2.05) is 0 Å². The van der Waals surface area contributed by atoms with Crippen LogP contribution in [0.25, 0.3) is 0 Å². The zero-order chi connectivity index (χ0) is 5.54. The molecule has 0 aromatic rings. The van der Waals surface area contributed by atoms with Gasteiger partial charge in [0.1, 0.15) is 0 Å². The molecule has 1 unspecified atom stereocenters. The lowest BCUT2D eigenvalue weighted by Gasteiger charge is -1.90. The molecule has 0 bridgehead atoms. The van der Waals surface area contributed by atoms with Crippen LogP contribution >= 0.6 is 33.9 Å². The fraction of sp³-hybridized carbons (Fsp3) is 1.00. The van der Waals surface area contributed by atoms with E-state index in [-0.39, 0.29) is 33.9 Å². The minimum Gasteiger partial charge on any atom is -0.153 e. The van der Waals surface area contributed by atoms with Crippen molar-refractivity contribution < 1.29 is 0 Å². The predicted molar refractivity (Wildman–Crippen MR) is 61.0 cm³/mol. The zero-order valence-corrected chi connectivity index (χ0v) is 10.4. The Kier molecular flexibility index (Phi) is 29.7. The van der Waals surface area contributed by atoms with Gasteiger partial charge in [-0.25, -0.2) is 0 Å². The average molecular weight is 262 g/mol. The second-order valence-corrected chi connectivity index (χ2v) is 2.06. The Hall–Kier alpha value is 1.16. The number of hydrogen-bond donors (Lipinski definition) is 0. The second-order valence-electron chi connectivity index (χ2n) is 2.06. The zero-order valence-electron chi connectivity index (χ0n) is 6.65. The molecular weight excluding hydrogens is 242 g/mol. The number of rotatable bonds is 4. The maximum atomic E-state index is 2.25. The van der Waals surface area contributed by atoms with Crippen molar-refractivity contribution in [3.63, 3.8) is 0 Å². The predicted octanol–water partition coefficient (Wildman–Crippen LogP) is 3.65. The maximum Gasteiger partial charge on any atom is -0.0533 e. The normalized spacial score (nSPS) is 7.33. The van der Waals surface area contributed by atoms with Gasteiger partial charge in [0.15, 0.2) is 0 Å². The molecule has 0 rings (SSSR count). The van der Waals surface area contributed by atoms with Gasteiger partial charge >= 0.3 is 0 Å². The Labute approximate surface area is 79.8 Å². The first-order valence-electron chi connectivity index (χ1n) is 3.41. The summed E-state index contributed by atoms with van der Waals surface area (Å²) in [6.45, 7) is 4.49. The van der Waals surface area contributed by atoms with Crippen molar-refractivity contribution in [3.8, 4) is 0 Å². The quantitative estimate of drug-likeness (QED) is 0.412. The van der Waals surface area contributed by atoms with Crippen LogP contribution in [0.5, 0.6) is 0 Å². The lowest BCUT2D eigenvalue weighted by molar-refractivity contribution is 0.656. The molecule has 0 aliphatic heterocycles. The number of hydrogen-bond acceptors (Lipinski definition) is 0. The van der Waals surface area contributed by atoms with Gasteiger partial charge in [-0.05, 0) is 0 Å². The van der Waals surface area contributed by atoms with Crippen LogP contribution in [0.4, 0.5) is 0 Å². The standard InChI is InChI=1S/C7H16.HI.H3P/c1-3-5-7-6-4-2;;/h3-7H2,1-2H3;1H;1H3. The maximum absolute atomic E-state index is 2.25. The average Bonchev–Trinajstić information content (AvgIpc) is 1.69. The molecule has 2 heteroatoms. The van der Waals surface area contributed by atoms with E-state index in [0.717, 1.165) is 0 Å². The summed E-state index contributed by atoms with van der Waals surface area (Å²) in [7, 11) is 0. The van der Waals surface area contributed by atoms with Gasteiger partial charge in [-0.2, -0.15) is 9.90 Å². The van der Waals surface area contributed by atoms with E-state index < -0.39 is 0 Å². The fourth-order valence-corrected chi connectivity index (χ4v) is 0.677. The highest BCUT2D eigenvalue weighted by Crippen LogP contribution is 2.00. The summed E-state index contributed by atoms with van der Waals surface area (Å²) in [6, 6.07) is 0. The van der Waals surface area contributed by atoms with Gasteiger partial charge in [0.25, 0.3) is 0 Å². The summed E-state index contributed by atoms with van der Waals surface area (Å²) in [5.74, 6) is 0. The van der Waals surface area contributed by atoms with Gasteiger partial charge in [-0.1, -0.05) is 46.0 Å². The van der Waals surface area contributed by atoms with Crippen molar-refractivity contribution in [2.24, 2.45) is 0 Å². The minimum atomic E-state index is 0. The third-order valence-electron chi connectivity index (χ3n) is 1.21. The molecule has 0 nitrogen and oxygen atoms in total. The number of unbranched alkanes of at least 4 members (excludes halogenated alkanes) is 4. The van der Waals surface area contributed by atoms with Crippen LogP contribution in [0.15, 0.2) is 0 Å². The number of halogens is 1. The summed E-state index contributed by atoms with van der Waals surface area (Å²) >= 11 is 0. The summed E-state index contributed by atoms with van der Waals surface area (Å²) in [5, 5.41) is 0. The van der Waals surface area contributed by atoms with Gasteiger partial charge in [0.05, 0.1) is 0 Å². The highest BCUT2D eigenvalue weighted by atomic mass is 127. The molecule has 0 aromatic carbocycles. The Morgan fingerprint density at radius 1 is 0.778 bits per heavy atom. The van der Waals surface area contributed by atoms with E-state index in [1.165, 1.54) is 32.1 Å². The largest absolute Gasteiger partial charge is 0.153 e. The lowest BCUT2D eigenvalue weighted by Crippen LogP contribution is -1.70. The molecule has 0 N–H and O–H groups in total. The highest BCUT2D eigenvalue weighted by molar-refractivity contribution is 14.0. The molecule has 1 atom stereocenters. The van der Waals surface area contributed by atoms with E-state index in [9.17, 15) is 0 Å². The Morgan fingerprint density at radius 3 is 1.33 bits per heavy atom. The van der Waals surface area contributed by atoms with Gasteiger partial charge in [0, 0.05) is 0 Å². The second kappa shape index (κ2) is 16.1. The lowest BCUT2D eigenvalue weighted by atomic mass is 10.2. The molecule has 0 saturated carbocycles. The Balaban J connectivity index is -0.000000180. The molecule has 0 aliphatic rings. The van der Waals surface area contributed by atoms with Crippen LogP contribution in [0.3, 0.4) is 0 Å². The summed E-state index contributed by atoms with van der Waals surface area (Å²) in [5.41, 5.74) is 0. The highest BCUT2D eigenvalue weighted by Gasteiger charge is 1.80. The molecule has 0 amide bonds. The minimum absolute atomic E-state index is 0. The van der Waals surface area contributed by atoms with Gasteiger partial charge in [-0.15, -0.1) is 24.0 Å². The van der Waals surface area contributed by atoms with Crippen LogP contribution in [-0.2, 0) is 0 Å². The molecule has 0 heterocycles. The Bertz CT molecular complexity index is 28.1. The van der Waals surface area contributed by atoms with Crippen molar-refractivity contribution >= 4 is 33.9 Å². The van der Waals surface area contributed by atoms with E-state index in [1.54, 1.807) is 0 Å². The van der Waals surface area contributed by atoms with Crippen LogP contribution in [0.2, 0.25) is 0 Å². The molecule has 60 valence electrons. The topological polar surface area (TPSA) is 0 Å². The van der Waals surface area contributed by atoms with Gasteiger partial charge in [-0.3, -0.25) is 0 Å². The molecule has 0 fully saturated rings. The summed E-state index contributed by atoms with van der Waals surface area (Å²) in [6.07, 6.45) is 7.01. The third-order valence-corrected chi connectivity index (χ3v) is 1.21. The molecular formula is C7H20IP. The summed E-state index contributed by atoms with van der Waals surface area (Å²) in [4.78, 5) is 0. The van der Waals surface area contributed by atoms with Gasteiger partial charge in [0.2, 0.25) is 0 Å². The van der Waals surface area contributed by atoms with E-state index in [4.69, 9.17) is 0 Å². The van der Waals surface area contributed by atoms with Crippen molar-refractivity contribution in [3.05, 3.63) is 0 Å². The molecule has 0 radical (unpaired) electrons. The van der Waals surface area contributed by atoms with E-state index >= 15 is 0 Å². The van der Waals surface area contributed by atoms with E-state index in [2.05, 4.69) is 13.8 Å². The fourth-order valence-electron chi connectivity index (χ4n) is 0.677. The monoisotopic (exact) mass is 262 g/mol. The first-order chi connectivity index (χ1) is 3.41. The molecule has 0 spiro atoms. The van der Waals surface area contributed by atoms with Crippen molar-refractivity contribution in [2.45, 2.75) is 46.0 Å². The summed E-state index contributed by atoms with van der Waals surface area (Å²) < 4.78 is 0. The van der Waals surface area contributed by atoms with Gasteiger partial charge < -0.3 is 0 Å². The van der Waals surface area contributed by atoms with Crippen molar-refractivity contribution in [2.75, 3.05) is 0 Å². The van der Waals surface area contributed by atoms with E-state index in [0.29, 0.717) is 0 Å². The SMILES string of the molecule is CCCCCCC.I.P. The molecule has 0 aliphatic carbocycles. The first-order valence-corrected chi connectivity index (χ1v) is 3.41. The van der Waals surface area contributed by atoms with Crippen molar-refractivity contribution in [1.82, 2.24) is 0 Å². The van der Waals surface area contributed by atoms with Crippen LogP contribution < -0.4 is 0 Å². The first kappa shape index (κ1) is 16.6. The van der Waals surface area contributed by atoms with Crippen LogP contribution in [-0.4, -0.2) is 0 Å². The van der Waals surface area contributed by atoms with Crippen LogP contribution in [0, 0.1) is 0 Å². The molecule has 0 aromatic heterocycles. The Morgan fingerprint density at radius 2 is 1.11 bits per heavy atom. The molecule has 9 heavy (non-hydrogen) atoms. The van der Waals surface area contributed by atoms with Crippen molar-refractivity contribution in [1.29, 1.82) is 0 Å². The van der Waals surface area contributed by atoms with Crippen LogP contribution in [0.1, 0.15) is 46.0 Å².